The van der Waals surface area contributed by atoms with Gasteiger partial charge >= 0.3 is 0 Å². The molecule has 1 aliphatic carbocycles. The Bertz CT molecular complexity index is 491. The van der Waals surface area contributed by atoms with Crippen molar-refractivity contribution >= 4 is 0 Å². The maximum Gasteiger partial charge on any atom is 0.0985 e. The van der Waals surface area contributed by atoms with E-state index in [-0.39, 0.29) is 5.60 Å². The lowest BCUT2D eigenvalue weighted by molar-refractivity contribution is -0.146. The number of hydrogen-bond donors (Lipinski definition) is 0. The molecule has 21 heavy (non-hydrogen) atoms. The second-order valence-electron chi connectivity index (χ2n) is 7.05. The fraction of sp³-hybridized carbons (Fsp3) is 0.812. The minimum absolute atomic E-state index is 0.0752. The summed E-state index contributed by atoms with van der Waals surface area (Å²) in [6.07, 6.45) is 7.94. The van der Waals surface area contributed by atoms with Crippen molar-refractivity contribution in [3.05, 3.63) is 18.0 Å². The van der Waals surface area contributed by atoms with Gasteiger partial charge in [-0.25, -0.2) is 0 Å². The molecule has 1 atom stereocenters. The Hall–Kier alpha value is -0.910. The average molecular weight is 291 g/mol. The number of nitrogens with zero attached hydrogens (tertiary/aromatic N) is 3. The van der Waals surface area contributed by atoms with Crippen LogP contribution in [0.1, 0.15) is 24.8 Å². The molecule has 0 unspecified atom stereocenters. The summed E-state index contributed by atoms with van der Waals surface area (Å²) in [5.74, 6) is 1.44. The molecule has 0 aromatic carbocycles. The third-order valence-electron chi connectivity index (χ3n) is 5.12. The fourth-order valence-electron chi connectivity index (χ4n) is 3.67. The molecule has 1 spiro atoms. The first-order chi connectivity index (χ1) is 10.2. The molecule has 1 aromatic heterocycles. The highest BCUT2D eigenvalue weighted by Crippen LogP contribution is 2.41. The highest BCUT2D eigenvalue weighted by Gasteiger charge is 2.52. The zero-order chi connectivity index (χ0) is 14.3. The van der Waals surface area contributed by atoms with Crippen LogP contribution in [0.25, 0.3) is 0 Å². The summed E-state index contributed by atoms with van der Waals surface area (Å²) >= 11 is 0. The molecule has 1 saturated carbocycles. The lowest BCUT2D eigenvalue weighted by Crippen LogP contribution is -2.64. The molecule has 5 nitrogen and oxygen atoms in total. The van der Waals surface area contributed by atoms with Crippen LogP contribution in [0.5, 0.6) is 0 Å². The van der Waals surface area contributed by atoms with Crippen molar-refractivity contribution in [3.63, 3.8) is 0 Å². The maximum absolute atomic E-state index is 6.09. The topological polar surface area (TPSA) is 39.5 Å². The molecular weight excluding hydrogens is 266 g/mol. The van der Waals surface area contributed by atoms with E-state index in [1.807, 2.05) is 17.9 Å². The number of aromatic nitrogens is 2. The van der Waals surface area contributed by atoms with Gasteiger partial charge in [0.15, 0.2) is 0 Å². The van der Waals surface area contributed by atoms with E-state index in [9.17, 15) is 0 Å². The van der Waals surface area contributed by atoms with Crippen molar-refractivity contribution in [1.82, 2.24) is 14.7 Å². The standard InChI is InChI=1S/C16H25N3O2/c1-18-7-14(6-17-18)8-19-11-16(12-19)15(4-5-21-16)10-20-9-13-2-3-13/h6-7,13,15H,2-5,8-12H2,1H3/t15-/m1/s1. The predicted octanol–water partition coefficient (Wildman–Crippen LogP) is 1.44. The van der Waals surface area contributed by atoms with Gasteiger partial charge in [0, 0.05) is 57.6 Å². The summed E-state index contributed by atoms with van der Waals surface area (Å²) < 4.78 is 13.9. The van der Waals surface area contributed by atoms with E-state index in [0.29, 0.717) is 5.92 Å². The van der Waals surface area contributed by atoms with Crippen molar-refractivity contribution in [3.8, 4) is 0 Å². The van der Waals surface area contributed by atoms with Crippen molar-refractivity contribution in [1.29, 1.82) is 0 Å². The number of aryl methyl sites for hydroxylation is 1. The summed E-state index contributed by atoms with van der Waals surface area (Å²) in [6, 6.07) is 0. The number of hydrogen-bond acceptors (Lipinski definition) is 4. The Kier molecular flexibility index (Phi) is 3.52. The lowest BCUT2D eigenvalue weighted by atomic mass is 9.81. The van der Waals surface area contributed by atoms with Crippen LogP contribution in [0.3, 0.4) is 0 Å². The summed E-state index contributed by atoms with van der Waals surface area (Å²) in [7, 11) is 1.97. The van der Waals surface area contributed by atoms with Gasteiger partial charge in [0.1, 0.15) is 0 Å². The minimum atomic E-state index is 0.0752. The quantitative estimate of drug-likeness (QED) is 0.795. The number of rotatable bonds is 6. The van der Waals surface area contributed by atoms with Gasteiger partial charge in [0.25, 0.3) is 0 Å². The van der Waals surface area contributed by atoms with Gasteiger partial charge in [-0.1, -0.05) is 0 Å². The Morgan fingerprint density at radius 3 is 2.90 bits per heavy atom. The third kappa shape index (κ3) is 2.87. The molecule has 0 N–H and O–H groups in total. The maximum atomic E-state index is 6.09. The molecule has 0 radical (unpaired) electrons. The predicted molar refractivity (Wildman–Crippen MR) is 78.8 cm³/mol. The monoisotopic (exact) mass is 291 g/mol. The van der Waals surface area contributed by atoms with E-state index in [4.69, 9.17) is 9.47 Å². The summed E-state index contributed by atoms with van der Waals surface area (Å²) in [6.45, 7) is 5.81. The van der Waals surface area contributed by atoms with E-state index in [0.717, 1.165) is 51.8 Å². The van der Waals surface area contributed by atoms with Crippen LogP contribution in [0.4, 0.5) is 0 Å². The van der Waals surface area contributed by atoms with Gasteiger partial charge in [0.05, 0.1) is 18.4 Å². The second kappa shape index (κ2) is 5.38. The van der Waals surface area contributed by atoms with Crippen LogP contribution < -0.4 is 0 Å². The minimum Gasteiger partial charge on any atom is -0.381 e. The molecule has 1 aromatic rings. The molecule has 3 fully saturated rings. The van der Waals surface area contributed by atoms with Crippen LogP contribution in [0, 0.1) is 11.8 Å². The van der Waals surface area contributed by atoms with Gasteiger partial charge in [-0.3, -0.25) is 9.58 Å². The zero-order valence-electron chi connectivity index (χ0n) is 12.8. The van der Waals surface area contributed by atoms with E-state index in [1.165, 1.54) is 18.4 Å². The summed E-state index contributed by atoms with van der Waals surface area (Å²) in [5.41, 5.74) is 1.36. The van der Waals surface area contributed by atoms with E-state index in [2.05, 4.69) is 16.2 Å². The van der Waals surface area contributed by atoms with Crippen molar-refractivity contribution in [2.75, 3.05) is 32.9 Å². The first-order valence-corrected chi connectivity index (χ1v) is 8.15. The van der Waals surface area contributed by atoms with Gasteiger partial charge in [0.2, 0.25) is 0 Å². The SMILES string of the molecule is Cn1cc(CN2CC3(C2)OCC[C@@H]3COCC2CC2)cn1. The lowest BCUT2D eigenvalue weighted by Gasteiger charge is -2.50. The zero-order valence-corrected chi connectivity index (χ0v) is 12.8. The molecule has 3 aliphatic rings. The summed E-state index contributed by atoms with van der Waals surface area (Å²) in [5, 5.41) is 4.23. The molecule has 5 heteroatoms. The largest absolute Gasteiger partial charge is 0.381 e. The normalized spacial score (nSPS) is 28.1. The van der Waals surface area contributed by atoms with Crippen LogP contribution >= 0.6 is 0 Å². The van der Waals surface area contributed by atoms with Crippen LogP contribution in [-0.2, 0) is 23.1 Å². The first kappa shape index (κ1) is 13.7. The molecular formula is C16H25N3O2. The smallest absolute Gasteiger partial charge is 0.0985 e. The molecule has 3 heterocycles. The van der Waals surface area contributed by atoms with E-state index >= 15 is 0 Å². The van der Waals surface area contributed by atoms with Crippen molar-refractivity contribution < 1.29 is 9.47 Å². The molecule has 0 amide bonds. The van der Waals surface area contributed by atoms with E-state index in [1.54, 1.807) is 0 Å². The van der Waals surface area contributed by atoms with Gasteiger partial charge in [-0.15, -0.1) is 0 Å². The Labute approximate surface area is 126 Å². The van der Waals surface area contributed by atoms with Crippen LogP contribution in [0.15, 0.2) is 12.4 Å². The molecule has 2 aliphatic heterocycles. The van der Waals surface area contributed by atoms with Gasteiger partial charge in [-0.05, 0) is 25.2 Å². The Morgan fingerprint density at radius 1 is 1.33 bits per heavy atom. The van der Waals surface area contributed by atoms with E-state index < -0.39 is 0 Å². The summed E-state index contributed by atoms with van der Waals surface area (Å²) in [4.78, 5) is 2.45. The van der Waals surface area contributed by atoms with Crippen molar-refractivity contribution in [2.45, 2.75) is 31.4 Å². The van der Waals surface area contributed by atoms with Gasteiger partial charge in [-0.2, -0.15) is 5.10 Å². The third-order valence-corrected chi connectivity index (χ3v) is 5.12. The highest BCUT2D eigenvalue weighted by molar-refractivity contribution is 5.10. The molecule has 2 saturated heterocycles. The number of likely N-dealkylation sites (tertiary alicyclic amines) is 1. The van der Waals surface area contributed by atoms with Crippen LogP contribution in [-0.4, -0.2) is 53.2 Å². The Morgan fingerprint density at radius 2 is 2.19 bits per heavy atom. The fourth-order valence-corrected chi connectivity index (χ4v) is 3.67. The second-order valence-corrected chi connectivity index (χ2v) is 7.05. The molecule has 116 valence electrons. The average Bonchev–Trinajstić information content (AvgIpc) is 3.01. The highest BCUT2D eigenvalue weighted by atomic mass is 16.5. The molecule has 0 bridgehead atoms. The van der Waals surface area contributed by atoms with Crippen LogP contribution in [0.2, 0.25) is 0 Å². The molecule has 4 rings (SSSR count). The van der Waals surface area contributed by atoms with Gasteiger partial charge < -0.3 is 9.47 Å². The first-order valence-electron chi connectivity index (χ1n) is 8.15. The number of ether oxygens (including phenoxy) is 2. The van der Waals surface area contributed by atoms with Crippen molar-refractivity contribution in [2.24, 2.45) is 18.9 Å². The Balaban J connectivity index is 1.27.